The Balaban J connectivity index is 2.03. The molecule has 2 aliphatic rings. The third-order valence-corrected chi connectivity index (χ3v) is 3.63. The van der Waals surface area contributed by atoms with Gasteiger partial charge in [0, 0.05) is 6.04 Å². The second-order valence-electron chi connectivity index (χ2n) is 4.87. The van der Waals surface area contributed by atoms with Crippen molar-refractivity contribution in [3.8, 4) is 0 Å². The summed E-state index contributed by atoms with van der Waals surface area (Å²) in [6, 6.07) is 0.292. The van der Waals surface area contributed by atoms with Crippen LogP contribution in [0.1, 0.15) is 39.0 Å². The maximum Gasteiger partial charge on any atom is 0.0980 e. The number of piperidine rings is 1. The highest BCUT2D eigenvalue weighted by Gasteiger charge is 2.36. The van der Waals surface area contributed by atoms with Gasteiger partial charge in [0.2, 0.25) is 0 Å². The molecule has 0 aromatic heterocycles. The summed E-state index contributed by atoms with van der Waals surface area (Å²) in [4.78, 5) is 0. The van der Waals surface area contributed by atoms with Gasteiger partial charge in [-0.25, -0.2) is 0 Å². The van der Waals surface area contributed by atoms with Crippen LogP contribution in [0.3, 0.4) is 0 Å². The highest BCUT2D eigenvalue weighted by atomic mass is 16.3. The summed E-state index contributed by atoms with van der Waals surface area (Å²) in [7, 11) is 0. The van der Waals surface area contributed by atoms with Gasteiger partial charge >= 0.3 is 0 Å². The van der Waals surface area contributed by atoms with Gasteiger partial charge in [-0.2, -0.15) is 0 Å². The first-order valence-electron chi connectivity index (χ1n) is 5.86. The topological polar surface area (TPSA) is 32.3 Å². The summed E-state index contributed by atoms with van der Waals surface area (Å²) in [6.45, 7) is 3.28. The molecule has 14 heavy (non-hydrogen) atoms. The molecule has 1 aliphatic heterocycles. The van der Waals surface area contributed by atoms with Gasteiger partial charge < -0.3 is 10.4 Å². The van der Waals surface area contributed by atoms with Crippen molar-refractivity contribution in [1.82, 2.24) is 5.32 Å². The maximum absolute atomic E-state index is 10.5. The average molecular weight is 195 g/mol. The first-order valence-corrected chi connectivity index (χ1v) is 5.86. The summed E-state index contributed by atoms with van der Waals surface area (Å²) in [6.07, 6.45) is 9.86. The number of rotatable bonds is 1. The van der Waals surface area contributed by atoms with E-state index < -0.39 is 5.60 Å². The summed E-state index contributed by atoms with van der Waals surface area (Å²) >= 11 is 0. The standard InChI is InChI=1S/C12H21NO/c1-10-5-7-12(14,8-6-10)11-4-2-3-9-13-11/h5,7,10-11,13-14H,2-4,6,8-9H2,1H3. The van der Waals surface area contributed by atoms with Gasteiger partial charge in [-0.1, -0.05) is 25.5 Å². The van der Waals surface area contributed by atoms with E-state index in [9.17, 15) is 5.11 Å². The Morgan fingerprint density at radius 2 is 2.21 bits per heavy atom. The smallest absolute Gasteiger partial charge is 0.0980 e. The molecule has 0 aromatic carbocycles. The third kappa shape index (κ3) is 2.01. The Hall–Kier alpha value is -0.340. The Bertz CT molecular complexity index is 220. The Morgan fingerprint density at radius 3 is 2.79 bits per heavy atom. The minimum absolute atomic E-state index is 0.292. The Labute approximate surface area is 86.4 Å². The fraction of sp³-hybridized carbons (Fsp3) is 0.833. The lowest BCUT2D eigenvalue weighted by Crippen LogP contribution is -2.52. The van der Waals surface area contributed by atoms with E-state index >= 15 is 0 Å². The van der Waals surface area contributed by atoms with Crippen LogP contribution in [0.4, 0.5) is 0 Å². The molecule has 0 aromatic rings. The Morgan fingerprint density at radius 1 is 1.36 bits per heavy atom. The van der Waals surface area contributed by atoms with Crippen molar-refractivity contribution in [2.45, 2.75) is 50.7 Å². The molecule has 0 bridgehead atoms. The fourth-order valence-electron chi connectivity index (χ4n) is 2.54. The molecule has 3 unspecified atom stereocenters. The van der Waals surface area contributed by atoms with Crippen molar-refractivity contribution in [3.05, 3.63) is 12.2 Å². The van der Waals surface area contributed by atoms with Gasteiger partial charge in [-0.3, -0.25) is 0 Å². The van der Waals surface area contributed by atoms with Crippen LogP contribution in [0, 0.1) is 5.92 Å². The molecule has 2 N–H and O–H groups in total. The SMILES string of the molecule is CC1C=CC(O)(C2CCCCN2)CC1. The molecule has 1 saturated heterocycles. The second-order valence-corrected chi connectivity index (χ2v) is 4.87. The quantitative estimate of drug-likeness (QED) is 0.626. The summed E-state index contributed by atoms with van der Waals surface area (Å²) in [5, 5.41) is 13.9. The van der Waals surface area contributed by atoms with Crippen LogP contribution in [0.5, 0.6) is 0 Å². The van der Waals surface area contributed by atoms with Crippen molar-refractivity contribution >= 4 is 0 Å². The van der Waals surface area contributed by atoms with Crippen LogP contribution in [0.25, 0.3) is 0 Å². The number of nitrogens with one attached hydrogen (secondary N) is 1. The first kappa shape index (κ1) is 10.2. The molecule has 1 aliphatic carbocycles. The second kappa shape index (κ2) is 4.03. The molecule has 0 radical (unpaired) electrons. The minimum atomic E-state index is -0.563. The number of aliphatic hydroxyl groups is 1. The first-order chi connectivity index (χ1) is 6.71. The monoisotopic (exact) mass is 195 g/mol. The zero-order valence-corrected chi connectivity index (χ0v) is 9.00. The molecule has 0 spiro atoms. The van der Waals surface area contributed by atoms with E-state index in [2.05, 4.69) is 18.3 Å². The van der Waals surface area contributed by atoms with Crippen molar-refractivity contribution < 1.29 is 5.11 Å². The molecule has 3 atom stereocenters. The number of allylic oxidation sites excluding steroid dienone is 1. The van der Waals surface area contributed by atoms with Crippen LogP contribution >= 0.6 is 0 Å². The van der Waals surface area contributed by atoms with E-state index in [-0.39, 0.29) is 0 Å². The van der Waals surface area contributed by atoms with Crippen molar-refractivity contribution in [3.63, 3.8) is 0 Å². The van der Waals surface area contributed by atoms with Crippen LogP contribution in [0.2, 0.25) is 0 Å². The fourth-order valence-corrected chi connectivity index (χ4v) is 2.54. The molecule has 1 heterocycles. The summed E-state index contributed by atoms with van der Waals surface area (Å²) in [5.41, 5.74) is -0.563. The molecule has 2 heteroatoms. The Kier molecular flexibility index (Phi) is 2.93. The van der Waals surface area contributed by atoms with E-state index in [0.717, 1.165) is 25.8 Å². The molecule has 1 fully saturated rings. The minimum Gasteiger partial charge on any atom is -0.384 e. The van der Waals surface area contributed by atoms with Crippen molar-refractivity contribution in [2.75, 3.05) is 6.54 Å². The molecule has 2 rings (SSSR count). The van der Waals surface area contributed by atoms with Gasteiger partial charge in [0.1, 0.15) is 0 Å². The highest BCUT2D eigenvalue weighted by Crippen LogP contribution is 2.31. The normalized spacial score (nSPS) is 43.9. The lowest BCUT2D eigenvalue weighted by atomic mass is 9.78. The molecule has 80 valence electrons. The summed E-state index contributed by atoms with van der Waals surface area (Å²) < 4.78 is 0. The van der Waals surface area contributed by atoms with E-state index in [1.54, 1.807) is 0 Å². The van der Waals surface area contributed by atoms with Gasteiger partial charge in [0.05, 0.1) is 5.60 Å². The van der Waals surface area contributed by atoms with Crippen LogP contribution in [-0.2, 0) is 0 Å². The lowest BCUT2D eigenvalue weighted by Gasteiger charge is -2.39. The lowest BCUT2D eigenvalue weighted by molar-refractivity contribution is 0.0206. The molecule has 0 amide bonds. The molecular formula is C12H21NO. The molecule has 0 saturated carbocycles. The molecular weight excluding hydrogens is 174 g/mol. The average Bonchev–Trinajstić information content (AvgIpc) is 2.24. The largest absolute Gasteiger partial charge is 0.384 e. The van der Waals surface area contributed by atoms with Gasteiger partial charge in [-0.15, -0.1) is 0 Å². The third-order valence-electron chi connectivity index (χ3n) is 3.63. The van der Waals surface area contributed by atoms with Crippen LogP contribution < -0.4 is 5.32 Å². The van der Waals surface area contributed by atoms with E-state index in [4.69, 9.17) is 0 Å². The van der Waals surface area contributed by atoms with E-state index in [1.165, 1.54) is 12.8 Å². The number of hydrogen-bond donors (Lipinski definition) is 2. The zero-order chi connectivity index (χ0) is 10.0. The predicted octanol–water partition coefficient (Wildman–Crippen LogP) is 1.85. The van der Waals surface area contributed by atoms with Crippen LogP contribution in [0.15, 0.2) is 12.2 Å². The highest BCUT2D eigenvalue weighted by molar-refractivity contribution is 5.12. The van der Waals surface area contributed by atoms with Crippen molar-refractivity contribution in [2.24, 2.45) is 5.92 Å². The van der Waals surface area contributed by atoms with Gasteiger partial charge in [-0.05, 0) is 38.1 Å². The maximum atomic E-state index is 10.5. The van der Waals surface area contributed by atoms with Gasteiger partial charge in [0.15, 0.2) is 0 Å². The zero-order valence-electron chi connectivity index (χ0n) is 9.00. The van der Waals surface area contributed by atoms with E-state index in [0.29, 0.717) is 12.0 Å². The predicted molar refractivity (Wildman–Crippen MR) is 58.1 cm³/mol. The van der Waals surface area contributed by atoms with Crippen LogP contribution in [-0.4, -0.2) is 23.3 Å². The van der Waals surface area contributed by atoms with Gasteiger partial charge in [0.25, 0.3) is 0 Å². The van der Waals surface area contributed by atoms with E-state index in [1.807, 2.05) is 6.08 Å². The van der Waals surface area contributed by atoms with Crippen molar-refractivity contribution in [1.29, 1.82) is 0 Å². The number of hydrogen-bond acceptors (Lipinski definition) is 2. The summed E-state index contributed by atoms with van der Waals surface area (Å²) in [5.74, 6) is 0.638. The molecule has 2 nitrogen and oxygen atoms in total.